The van der Waals surface area contributed by atoms with E-state index in [2.05, 4.69) is 34.9 Å². The summed E-state index contributed by atoms with van der Waals surface area (Å²) in [6.07, 6.45) is 10.9. The molecule has 0 bridgehead atoms. The van der Waals surface area contributed by atoms with Gasteiger partial charge in [-0.25, -0.2) is 0 Å². The Morgan fingerprint density at radius 1 is 1.44 bits per heavy atom. The maximum absolute atomic E-state index is 5.28. The minimum Gasteiger partial charge on any atom is -0.314 e. The molecule has 1 aliphatic rings. The van der Waals surface area contributed by atoms with Gasteiger partial charge in [-0.15, -0.1) is 12.3 Å². The first kappa shape index (κ1) is 13.2. The number of aryl methyl sites for hydroxylation is 2. The fourth-order valence-corrected chi connectivity index (χ4v) is 2.33. The van der Waals surface area contributed by atoms with Crippen molar-refractivity contribution in [2.24, 2.45) is 0 Å². The van der Waals surface area contributed by atoms with E-state index >= 15 is 0 Å². The summed E-state index contributed by atoms with van der Waals surface area (Å²) in [7, 11) is 0. The first-order valence-electron chi connectivity index (χ1n) is 6.92. The van der Waals surface area contributed by atoms with Crippen LogP contribution in [0.1, 0.15) is 42.6 Å². The lowest BCUT2D eigenvalue weighted by atomic mass is 10.1. The van der Waals surface area contributed by atoms with E-state index in [0.29, 0.717) is 0 Å². The Hall–Kier alpha value is -1.27. The number of aromatic nitrogens is 2. The van der Waals surface area contributed by atoms with E-state index in [4.69, 9.17) is 6.42 Å². The van der Waals surface area contributed by atoms with Gasteiger partial charge in [-0.3, -0.25) is 4.68 Å². The van der Waals surface area contributed by atoms with E-state index in [1.54, 1.807) is 0 Å². The van der Waals surface area contributed by atoms with Gasteiger partial charge in [0.05, 0.1) is 5.69 Å². The number of hydrogen-bond donors (Lipinski definition) is 1. The van der Waals surface area contributed by atoms with Crippen molar-refractivity contribution in [1.29, 1.82) is 0 Å². The number of nitrogens with one attached hydrogen (secondary N) is 1. The molecule has 0 unspecified atom stereocenters. The molecule has 0 radical (unpaired) electrons. The van der Waals surface area contributed by atoms with Crippen LogP contribution in [0.5, 0.6) is 0 Å². The van der Waals surface area contributed by atoms with Crippen LogP contribution in [-0.4, -0.2) is 22.4 Å². The summed E-state index contributed by atoms with van der Waals surface area (Å²) in [6, 6.07) is 0.788. The number of nitrogens with zero attached hydrogens (tertiary/aromatic N) is 2. The van der Waals surface area contributed by atoms with Gasteiger partial charge >= 0.3 is 0 Å². The summed E-state index contributed by atoms with van der Waals surface area (Å²) in [4.78, 5) is 0. The molecule has 3 nitrogen and oxygen atoms in total. The van der Waals surface area contributed by atoms with Crippen LogP contribution in [0.3, 0.4) is 0 Å². The van der Waals surface area contributed by atoms with Gasteiger partial charge in [-0.1, -0.05) is 0 Å². The Kier molecular flexibility index (Phi) is 4.43. The molecule has 0 aromatic carbocycles. The van der Waals surface area contributed by atoms with E-state index < -0.39 is 0 Å². The predicted molar refractivity (Wildman–Crippen MR) is 74.5 cm³/mol. The molecule has 0 aliphatic heterocycles. The van der Waals surface area contributed by atoms with Gasteiger partial charge in [-0.05, 0) is 51.6 Å². The molecular weight excluding hydrogens is 222 g/mol. The first-order valence-corrected chi connectivity index (χ1v) is 6.92. The Morgan fingerprint density at radius 2 is 2.22 bits per heavy atom. The fraction of sp³-hybridized carbons (Fsp3) is 0.667. The maximum atomic E-state index is 5.28. The third-order valence-corrected chi connectivity index (χ3v) is 3.61. The summed E-state index contributed by atoms with van der Waals surface area (Å²) in [5.74, 6) is 2.68. The zero-order chi connectivity index (χ0) is 13.0. The van der Waals surface area contributed by atoms with Crippen LogP contribution in [0.4, 0.5) is 0 Å². The minimum atomic E-state index is 0.788. The first-order chi connectivity index (χ1) is 8.72. The third-order valence-electron chi connectivity index (χ3n) is 3.61. The number of terminal acetylenes is 1. The number of hydrogen-bond acceptors (Lipinski definition) is 2. The molecule has 2 rings (SSSR count). The molecule has 3 heteroatoms. The highest BCUT2D eigenvalue weighted by molar-refractivity contribution is 5.24. The average Bonchev–Trinajstić information content (AvgIpc) is 3.12. The second-order valence-corrected chi connectivity index (χ2v) is 5.16. The predicted octanol–water partition coefficient (Wildman–Crippen LogP) is 2.21. The SMILES string of the molecule is C#CCCCn1nc(C)c(CCNC2CC2)c1C. The second kappa shape index (κ2) is 6.06. The van der Waals surface area contributed by atoms with Crippen molar-refractivity contribution in [3.8, 4) is 12.3 Å². The van der Waals surface area contributed by atoms with Gasteiger partial charge in [0, 0.05) is 24.7 Å². The molecule has 0 amide bonds. The van der Waals surface area contributed by atoms with Crippen LogP contribution in [0.2, 0.25) is 0 Å². The highest BCUT2D eigenvalue weighted by Crippen LogP contribution is 2.19. The van der Waals surface area contributed by atoms with E-state index in [0.717, 1.165) is 38.4 Å². The van der Waals surface area contributed by atoms with Crippen molar-refractivity contribution in [2.45, 2.75) is 58.5 Å². The van der Waals surface area contributed by atoms with Crippen LogP contribution in [0.25, 0.3) is 0 Å². The maximum Gasteiger partial charge on any atom is 0.0628 e. The molecule has 1 aliphatic carbocycles. The van der Waals surface area contributed by atoms with Crippen molar-refractivity contribution < 1.29 is 0 Å². The third kappa shape index (κ3) is 3.36. The van der Waals surface area contributed by atoms with Crippen molar-refractivity contribution >= 4 is 0 Å². The Labute approximate surface area is 110 Å². The minimum absolute atomic E-state index is 0.788. The quantitative estimate of drug-likeness (QED) is 0.589. The highest BCUT2D eigenvalue weighted by Gasteiger charge is 2.20. The van der Waals surface area contributed by atoms with Gasteiger partial charge in [-0.2, -0.15) is 5.10 Å². The standard InChI is InChI=1S/C15H23N3/c1-4-5-6-11-18-13(3)15(12(2)17-18)9-10-16-14-7-8-14/h1,14,16H,5-11H2,2-3H3. The van der Waals surface area contributed by atoms with E-state index in [1.807, 2.05) is 0 Å². The molecule has 0 saturated heterocycles. The van der Waals surface area contributed by atoms with E-state index in [9.17, 15) is 0 Å². The summed E-state index contributed by atoms with van der Waals surface area (Å²) < 4.78 is 2.11. The molecule has 18 heavy (non-hydrogen) atoms. The van der Waals surface area contributed by atoms with Crippen LogP contribution in [0, 0.1) is 26.2 Å². The number of rotatable bonds is 7. The van der Waals surface area contributed by atoms with Crippen molar-refractivity contribution in [3.05, 3.63) is 17.0 Å². The van der Waals surface area contributed by atoms with Crippen LogP contribution in [0.15, 0.2) is 0 Å². The molecule has 1 aromatic heterocycles. The summed E-state index contributed by atoms with van der Waals surface area (Å²) in [5, 5.41) is 8.17. The van der Waals surface area contributed by atoms with Gasteiger partial charge < -0.3 is 5.32 Å². The zero-order valence-electron chi connectivity index (χ0n) is 11.5. The van der Waals surface area contributed by atoms with E-state index in [1.165, 1.54) is 29.8 Å². The van der Waals surface area contributed by atoms with Crippen LogP contribution >= 0.6 is 0 Å². The summed E-state index contributed by atoms with van der Waals surface area (Å²) >= 11 is 0. The van der Waals surface area contributed by atoms with Crippen molar-refractivity contribution in [3.63, 3.8) is 0 Å². The summed E-state index contributed by atoms with van der Waals surface area (Å²) in [6.45, 7) is 6.29. The van der Waals surface area contributed by atoms with Gasteiger partial charge in [0.1, 0.15) is 0 Å². The van der Waals surface area contributed by atoms with Gasteiger partial charge in [0.15, 0.2) is 0 Å². The number of unbranched alkanes of at least 4 members (excludes halogenated alkanes) is 1. The van der Waals surface area contributed by atoms with Crippen molar-refractivity contribution in [1.82, 2.24) is 15.1 Å². The smallest absolute Gasteiger partial charge is 0.0628 e. The molecule has 1 aromatic rings. The van der Waals surface area contributed by atoms with Crippen LogP contribution < -0.4 is 5.32 Å². The average molecular weight is 245 g/mol. The molecular formula is C15H23N3. The molecule has 0 atom stereocenters. The van der Waals surface area contributed by atoms with Gasteiger partial charge in [0.25, 0.3) is 0 Å². The molecule has 0 spiro atoms. The zero-order valence-corrected chi connectivity index (χ0v) is 11.5. The molecule has 1 saturated carbocycles. The van der Waals surface area contributed by atoms with Crippen molar-refractivity contribution in [2.75, 3.05) is 6.54 Å². The lowest BCUT2D eigenvalue weighted by molar-refractivity contribution is 0.568. The Balaban J connectivity index is 1.89. The Morgan fingerprint density at radius 3 is 2.89 bits per heavy atom. The lowest BCUT2D eigenvalue weighted by Crippen LogP contribution is -2.19. The van der Waals surface area contributed by atoms with E-state index in [-0.39, 0.29) is 0 Å². The van der Waals surface area contributed by atoms with Gasteiger partial charge in [0.2, 0.25) is 0 Å². The molecule has 1 fully saturated rings. The highest BCUT2D eigenvalue weighted by atomic mass is 15.3. The topological polar surface area (TPSA) is 29.9 Å². The molecule has 1 N–H and O–H groups in total. The summed E-state index contributed by atoms with van der Waals surface area (Å²) in [5.41, 5.74) is 3.89. The Bertz CT molecular complexity index is 435. The normalized spacial score (nSPS) is 14.7. The molecule has 98 valence electrons. The second-order valence-electron chi connectivity index (χ2n) is 5.16. The fourth-order valence-electron chi connectivity index (χ4n) is 2.33. The van der Waals surface area contributed by atoms with Crippen LogP contribution in [-0.2, 0) is 13.0 Å². The molecule has 1 heterocycles. The monoisotopic (exact) mass is 245 g/mol. The largest absolute Gasteiger partial charge is 0.314 e. The lowest BCUT2D eigenvalue weighted by Gasteiger charge is -2.05.